The van der Waals surface area contributed by atoms with Gasteiger partial charge in [0, 0.05) is 19.4 Å². The van der Waals surface area contributed by atoms with Gasteiger partial charge in [0.1, 0.15) is 17.7 Å². The van der Waals surface area contributed by atoms with Gasteiger partial charge in [0.15, 0.2) is 11.6 Å². The predicted octanol–water partition coefficient (Wildman–Crippen LogP) is 2.26. The van der Waals surface area contributed by atoms with Crippen LogP contribution in [0.1, 0.15) is 10.4 Å². The number of primary amides is 1. The molecule has 0 aliphatic rings. The maximum atomic E-state index is 11.9. The summed E-state index contributed by atoms with van der Waals surface area (Å²) in [4.78, 5) is 28.8. The van der Waals surface area contributed by atoms with Gasteiger partial charge in [-0.05, 0) is 24.3 Å². The second-order valence-electron chi connectivity index (χ2n) is 6.44. The van der Waals surface area contributed by atoms with E-state index in [0.29, 0.717) is 28.5 Å². The van der Waals surface area contributed by atoms with Gasteiger partial charge in [-0.25, -0.2) is 9.97 Å². The number of carbonyl (C=O) groups is 1. The number of para-hydroxylation sites is 1. The number of nitrogens with zero attached hydrogens (tertiary/aromatic N) is 6. The predicted molar refractivity (Wildman–Crippen MR) is 114 cm³/mol. The van der Waals surface area contributed by atoms with Gasteiger partial charge in [-0.2, -0.15) is 10.1 Å². The monoisotopic (exact) mass is 417 g/mol. The average Bonchev–Trinajstić information content (AvgIpc) is 3.20. The van der Waals surface area contributed by atoms with E-state index in [-0.39, 0.29) is 17.3 Å². The number of benzene rings is 1. The zero-order chi connectivity index (χ0) is 21.8. The summed E-state index contributed by atoms with van der Waals surface area (Å²) < 4.78 is 7.20. The average molecular weight is 417 g/mol. The molecule has 0 radical (unpaired) electrons. The summed E-state index contributed by atoms with van der Waals surface area (Å²) in [6, 6.07) is 9.03. The summed E-state index contributed by atoms with van der Waals surface area (Å²) in [5, 5.41) is 10.5. The first-order chi connectivity index (χ1) is 15.0. The Morgan fingerprint density at radius 2 is 2.00 bits per heavy atom. The van der Waals surface area contributed by atoms with Crippen molar-refractivity contribution in [2.24, 2.45) is 12.8 Å². The molecule has 31 heavy (non-hydrogen) atoms. The molecule has 3 aromatic heterocycles. The number of carbonyl (C=O) groups excluding carboxylic acids is 1. The zero-order valence-electron chi connectivity index (χ0n) is 16.8. The molecular weight excluding hydrogens is 398 g/mol. The minimum absolute atomic E-state index is 0.125. The molecule has 11 nitrogen and oxygen atoms in total. The summed E-state index contributed by atoms with van der Waals surface area (Å²) in [6.07, 6.45) is 6.24. The third kappa shape index (κ3) is 4.24. The van der Waals surface area contributed by atoms with Crippen LogP contribution in [0.5, 0.6) is 5.75 Å². The number of nitrogens with two attached hydrogens (primary N) is 1. The first kappa shape index (κ1) is 19.8. The number of aromatic nitrogens is 6. The van der Waals surface area contributed by atoms with Crippen LogP contribution in [-0.4, -0.2) is 42.7 Å². The molecule has 0 saturated heterocycles. The van der Waals surface area contributed by atoms with Crippen molar-refractivity contribution in [3.8, 4) is 17.1 Å². The fourth-order valence-electron chi connectivity index (χ4n) is 2.91. The number of amides is 1. The number of anilines is 4. The van der Waals surface area contributed by atoms with Crippen molar-refractivity contribution >= 4 is 29.0 Å². The van der Waals surface area contributed by atoms with Crippen molar-refractivity contribution in [1.29, 1.82) is 0 Å². The van der Waals surface area contributed by atoms with Crippen molar-refractivity contribution in [2.75, 3.05) is 17.7 Å². The summed E-state index contributed by atoms with van der Waals surface area (Å²) in [7, 11) is 3.32. The minimum Gasteiger partial charge on any atom is -0.494 e. The Labute approximate surface area is 177 Å². The van der Waals surface area contributed by atoms with E-state index in [4.69, 9.17) is 10.5 Å². The van der Waals surface area contributed by atoms with Gasteiger partial charge >= 0.3 is 0 Å². The number of hydrogen-bond acceptors (Lipinski definition) is 9. The van der Waals surface area contributed by atoms with E-state index in [2.05, 4.69) is 35.7 Å². The zero-order valence-corrected chi connectivity index (χ0v) is 16.8. The van der Waals surface area contributed by atoms with Crippen molar-refractivity contribution in [1.82, 2.24) is 29.7 Å². The Kier molecular flexibility index (Phi) is 5.39. The minimum atomic E-state index is -0.669. The second-order valence-corrected chi connectivity index (χ2v) is 6.44. The van der Waals surface area contributed by atoms with Crippen LogP contribution in [0.15, 0.2) is 55.2 Å². The summed E-state index contributed by atoms with van der Waals surface area (Å²) >= 11 is 0. The van der Waals surface area contributed by atoms with Crippen molar-refractivity contribution in [2.45, 2.75) is 0 Å². The molecule has 4 aromatic rings. The van der Waals surface area contributed by atoms with Crippen LogP contribution in [0.25, 0.3) is 11.4 Å². The van der Waals surface area contributed by atoms with Crippen LogP contribution in [0.4, 0.5) is 23.1 Å². The van der Waals surface area contributed by atoms with Crippen LogP contribution in [0.2, 0.25) is 0 Å². The fourth-order valence-corrected chi connectivity index (χ4v) is 2.91. The number of rotatable bonds is 7. The Morgan fingerprint density at radius 3 is 2.68 bits per heavy atom. The molecule has 0 fully saturated rings. The highest BCUT2D eigenvalue weighted by Gasteiger charge is 2.18. The number of ether oxygens (including phenoxy) is 1. The standard InChI is InChI=1S/C20H19N9O2/c1-29-11-24-18(28-29)13-6-3-7-15(16(13)31-2)26-19-14(17(21)30)10-23-20(27-19)25-12-5-4-8-22-9-12/h3-11H,1-2H3,(H2,21,30)(H2,23,25,26,27). The number of pyridine rings is 1. The molecule has 11 heteroatoms. The highest BCUT2D eigenvalue weighted by atomic mass is 16.5. The van der Waals surface area contributed by atoms with Crippen LogP contribution < -0.4 is 21.1 Å². The van der Waals surface area contributed by atoms with Crippen molar-refractivity contribution in [3.63, 3.8) is 0 Å². The molecule has 0 aliphatic heterocycles. The molecule has 0 unspecified atom stereocenters. The number of hydrogen-bond donors (Lipinski definition) is 3. The third-order valence-corrected chi connectivity index (χ3v) is 4.28. The van der Waals surface area contributed by atoms with Gasteiger partial charge in [0.2, 0.25) is 5.95 Å². The van der Waals surface area contributed by atoms with Crippen LogP contribution in [0.3, 0.4) is 0 Å². The Morgan fingerprint density at radius 1 is 1.13 bits per heavy atom. The van der Waals surface area contributed by atoms with Gasteiger partial charge in [-0.3, -0.25) is 14.5 Å². The van der Waals surface area contributed by atoms with E-state index in [0.717, 1.165) is 0 Å². The molecule has 4 N–H and O–H groups in total. The second kappa shape index (κ2) is 8.45. The van der Waals surface area contributed by atoms with Crippen molar-refractivity contribution in [3.05, 3.63) is 60.8 Å². The van der Waals surface area contributed by atoms with Crippen LogP contribution in [0, 0.1) is 0 Å². The van der Waals surface area contributed by atoms with Gasteiger partial charge < -0.3 is 21.1 Å². The lowest BCUT2D eigenvalue weighted by Gasteiger charge is -2.15. The molecule has 0 spiro atoms. The smallest absolute Gasteiger partial charge is 0.254 e. The summed E-state index contributed by atoms with van der Waals surface area (Å²) in [5.41, 5.74) is 7.58. The molecule has 4 rings (SSSR count). The first-order valence-corrected chi connectivity index (χ1v) is 9.19. The van der Waals surface area contributed by atoms with E-state index < -0.39 is 5.91 Å². The topological polar surface area (TPSA) is 146 Å². The lowest BCUT2D eigenvalue weighted by Crippen LogP contribution is -2.16. The highest BCUT2D eigenvalue weighted by Crippen LogP contribution is 2.36. The molecule has 156 valence electrons. The quantitative estimate of drug-likeness (QED) is 0.412. The molecule has 0 aliphatic carbocycles. The lowest BCUT2D eigenvalue weighted by molar-refractivity contribution is 0.100. The third-order valence-electron chi connectivity index (χ3n) is 4.28. The molecule has 0 bridgehead atoms. The van der Waals surface area contributed by atoms with Gasteiger partial charge in [0.25, 0.3) is 5.91 Å². The van der Waals surface area contributed by atoms with Gasteiger partial charge in [-0.1, -0.05) is 6.07 Å². The molecule has 0 atom stereocenters. The highest BCUT2D eigenvalue weighted by molar-refractivity contribution is 5.98. The van der Waals surface area contributed by atoms with E-state index in [1.54, 1.807) is 42.6 Å². The summed E-state index contributed by atoms with van der Waals surface area (Å²) in [6.45, 7) is 0. The molecule has 1 amide bonds. The Bertz CT molecular complexity index is 1220. The van der Waals surface area contributed by atoms with Crippen LogP contribution >= 0.6 is 0 Å². The Hall–Kier alpha value is -4.54. The molecule has 1 aromatic carbocycles. The number of methoxy groups -OCH3 is 1. The van der Waals surface area contributed by atoms with E-state index in [9.17, 15) is 4.79 Å². The normalized spacial score (nSPS) is 10.5. The number of nitrogens with one attached hydrogen (secondary N) is 2. The molecule has 0 saturated carbocycles. The van der Waals surface area contributed by atoms with E-state index in [1.807, 2.05) is 18.2 Å². The molecule has 3 heterocycles. The fraction of sp³-hybridized carbons (Fsp3) is 0.100. The first-order valence-electron chi connectivity index (χ1n) is 9.19. The van der Waals surface area contributed by atoms with E-state index in [1.165, 1.54) is 13.3 Å². The maximum Gasteiger partial charge on any atom is 0.254 e. The van der Waals surface area contributed by atoms with Gasteiger partial charge in [0.05, 0.1) is 30.2 Å². The molecular formula is C20H19N9O2. The van der Waals surface area contributed by atoms with Gasteiger partial charge in [-0.15, -0.1) is 0 Å². The largest absolute Gasteiger partial charge is 0.494 e. The van der Waals surface area contributed by atoms with Crippen LogP contribution in [-0.2, 0) is 7.05 Å². The van der Waals surface area contributed by atoms with E-state index >= 15 is 0 Å². The lowest BCUT2D eigenvalue weighted by atomic mass is 10.1. The SMILES string of the molecule is COc1c(Nc2nc(Nc3cccnc3)ncc2C(N)=O)cccc1-c1ncn(C)n1. The number of aryl methyl sites for hydroxylation is 1. The van der Waals surface area contributed by atoms with Crippen molar-refractivity contribution < 1.29 is 9.53 Å². The maximum absolute atomic E-state index is 11.9. The summed E-state index contributed by atoms with van der Waals surface area (Å²) in [5.74, 6) is 0.807. The Balaban J connectivity index is 1.72.